The van der Waals surface area contributed by atoms with Gasteiger partial charge in [0.15, 0.2) is 0 Å². The molecule has 0 radical (unpaired) electrons. The van der Waals surface area contributed by atoms with E-state index in [1.807, 2.05) is 38.1 Å². The van der Waals surface area contributed by atoms with Crippen molar-refractivity contribution >= 4 is 40.6 Å². The van der Waals surface area contributed by atoms with Crippen LogP contribution in [0.5, 0.6) is 5.75 Å². The van der Waals surface area contributed by atoms with Crippen LogP contribution in [0.3, 0.4) is 0 Å². The summed E-state index contributed by atoms with van der Waals surface area (Å²) in [7, 11) is 1.58. The lowest BCUT2D eigenvalue weighted by atomic mass is 10.1. The minimum Gasteiger partial charge on any atom is -0.496 e. The molecule has 1 N–H and O–H groups in total. The average Bonchev–Trinajstić information content (AvgIpc) is 2.92. The maximum absolute atomic E-state index is 12.6. The number of benzene rings is 2. The third-order valence-electron chi connectivity index (χ3n) is 4.24. The van der Waals surface area contributed by atoms with Gasteiger partial charge < -0.3 is 10.1 Å². The molecule has 1 aliphatic heterocycles. The Labute approximate surface area is 167 Å². The van der Waals surface area contributed by atoms with E-state index in [2.05, 4.69) is 5.32 Å². The molecule has 7 heteroatoms. The van der Waals surface area contributed by atoms with Crippen molar-refractivity contribution in [3.8, 4) is 5.75 Å². The number of thioether (sulfide) groups is 1. The number of methoxy groups -OCH3 is 1. The van der Waals surface area contributed by atoms with Crippen molar-refractivity contribution in [2.75, 3.05) is 19.0 Å². The van der Waals surface area contributed by atoms with Crippen molar-refractivity contribution in [3.05, 3.63) is 64.1 Å². The molecule has 0 unspecified atom stereocenters. The lowest BCUT2D eigenvalue weighted by molar-refractivity contribution is -0.127. The van der Waals surface area contributed by atoms with E-state index in [1.54, 1.807) is 31.4 Å². The molecule has 1 fully saturated rings. The van der Waals surface area contributed by atoms with E-state index in [1.165, 1.54) is 0 Å². The number of aryl methyl sites for hydroxylation is 2. The highest BCUT2D eigenvalue weighted by atomic mass is 32.2. The maximum atomic E-state index is 12.6. The van der Waals surface area contributed by atoms with Crippen molar-refractivity contribution in [2.45, 2.75) is 13.8 Å². The molecule has 0 spiro atoms. The van der Waals surface area contributed by atoms with Gasteiger partial charge in [-0.15, -0.1) is 0 Å². The predicted octanol–water partition coefficient (Wildman–Crippen LogP) is 3.99. The first-order valence-corrected chi connectivity index (χ1v) is 9.45. The van der Waals surface area contributed by atoms with Crippen LogP contribution in [0.4, 0.5) is 10.5 Å². The van der Waals surface area contributed by atoms with Gasteiger partial charge >= 0.3 is 0 Å². The highest BCUT2D eigenvalue weighted by Crippen LogP contribution is 2.33. The molecule has 6 nitrogen and oxygen atoms in total. The normalized spacial score (nSPS) is 15.2. The summed E-state index contributed by atoms with van der Waals surface area (Å²) in [6.45, 7) is 3.54. The molecule has 2 aromatic rings. The lowest BCUT2D eigenvalue weighted by Crippen LogP contribution is -2.36. The Kier molecular flexibility index (Phi) is 5.84. The van der Waals surface area contributed by atoms with Gasteiger partial charge in [0, 0.05) is 5.69 Å². The zero-order chi connectivity index (χ0) is 20.3. The van der Waals surface area contributed by atoms with Crippen molar-refractivity contribution < 1.29 is 19.1 Å². The molecule has 3 rings (SSSR count). The number of imide groups is 1. The van der Waals surface area contributed by atoms with Crippen molar-refractivity contribution in [3.63, 3.8) is 0 Å². The number of carbonyl (C=O) groups excluding carboxylic acids is 3. The molecule has 28 heavy (non-hydrogen) atoms. The summed E-state index contributed by atoms with van der Waals surface area (Å²) < 4.78 is 5.28. The van der Waals surface area contributed by atoms with Gasteiger partial charge in [-0.1, -0.05) is 29.8 Å². The fourth-order valence-electron chi connectivity index (χ4n) is 2.70. The summed E-state index contributed by atoms with van der Waals surface area (Å²) >= 11 is 0.822. The molecule has 0 atom stereocenters. The first-order chi connectivity index (χ1) is 13.4. The Morgan fingerprint density at radius 2 is 1.86 bits per heavy atom. The topological polar surface area (TPSA) is 75.7 Å². The van der Waals surface area contributed by atoms with E-state index < -0.39 is 17.1 Å². The second-order valence-electron chi connectivity index (χ2n) is 6.41. The van der Waals surface area contributed by atoms with Gasteiger partial charge in [0.2, 0.25) is 5.91 Å². The smallest absolute Gasteiger partial charge is 0.294 e. The lowest BCUT2D eigenvalue weighted by Gasteiger charge is -2.12. The van der Waals surface area contributed by atoms with Gasteiger partial charge in [-0.3, -0.25) is 19.3 Å². The van der Waals surface area contributed by atoms with Gasteiger partial charge in [0.25, 0.3) is 11.1 Å². The Morgan fingerprint density at radius 3 is 2.54 bits per heavy atom. The van der Waals surface area contributed by atoms with Crippen molar-refractivity contribution in [2.24, 2.45) is 0 Å². The first-order valence-electron chi connectivity index (χ1n) is 8.64. The molecule has 1 saturated heterocycles. The number of ether oxygens (including phenoxy) is 1. The van der Waals surface area contributed by atoms with Gasteiger partial charge in [0.1, 0.15) is 12.3 Å². The zero-order valence-corrected chi connectivity index (χ0v) is 16.6. The maximum Gasteiger partial charge on any atom is 0.294 e. The molecule has 1 aliphatic rings. The molecule has 0 bridgehead atoms. The molecule has 0 saturated carbocycles. The minimum atomic E-state index is -0.478. The number of nitrogens with zero attached hydrogens (tertiary/aromatic N) is 1. The third kappa shape index (κ3) is 4.43. The number of carbonyl (C=O) groups is 3. The summed E-state index contributed by atoms with van der Waals surface area (Å²) in [5.74, 6) is -0.205. The molecule has 2 aromatic carbocycles. The van der Waals surface area contributed by atoms with Crippen LogP contribution >= 0.6 is 11.8 Å². The molecule has 0 aliphatic carbocycles. The van der Waals surface area contributed by atoms with Crippen molar-refractivity contribution in [1.29, 1.82) is 0 Å². The monoisotopic (exact) mass is 396 g/mol. The number of anilines is 1. The Balaban J connectivity index is 1.70. The van der Waals surface area contributed by atoms with Gasteiger partial charge in [-0.25, -0.2) is 0 Å². The number of nitrogens with one attached hydrogen (secondary N) is 1. The van der Waals surface area contributed by atoms with Crippen LogP contribution in [0.2, 0.25) is 0 Å². The predicted molar refractivity (Wildman–Crippen MR) is 110 cm³/mol. The second-order valence-corrected chi connectivity index (χ2v) is 7.40. The Hall–Kier alpha value is -3.06. The van der Waals surface area contributed by atoms with E-state index >= 15 is 0 Å². The van der Waals surface area contributed by atoms with Crippen LogP contribution < -0.4 is 10.1 Å². The summed E-state index contributed by atoms with van der Waals surface area (Å²) in [6, 6.07) is 12.8. The van der Waals surface area contributed by atoms with E-state index in [0.29, 0.717) is 11.4 Å². The van der Waals surface area contributed by atoms with Gasteiger partial charge in [-0.05, 0) is 61.0 Å². The van der Waals surface area contributed by atoms with Crippen LogP contribution in [0.25, 0.3) is 6.08 Å². The molecule has 1 heterocycles. The van der Waals surface area contributed by atoms with Gasteiger partial charge in [-0.2, -0.15) is 0 Å². The number of hydrogen-bond donors (Lipinski definition) is 1. The number of rotatable bonds is 5. The fourth-order valence-corrected chi connectivity index (χ4v) is 3.53. The summed E-state index contributed by atoms with van der Waals surface area (Å²) in [5.41, 5.74) is 3.41. The quantitative estimate of drug-likeness (QED) is 0.774. The standard InChI is InChI=1S/C21H20N2O4S/c1-13-4-8-16(9-5-13)22-19(24)12-23-20(25)18(28-21(23)26)11-15-7-6-14(2)17(10-15)27-3/h4-11H,12H2,1-3H3,(H,22,24)/b18-11-. The van der Waals surface area contributed by atoms with Gasteiger partial charge in [0.05, 0.1) is 12.0 Å². The van der Waals surface area contributed by atoms with Crippen LogP contribution in [0, 0.1) is 13.8 Å². The number of amides is 3. The van der Waals surface area contributed by atoms with E-state index in [0.717, 1.165) is 33.4 Å². The number of hydrogen-bond acceptors (Lipinski definition) is 5. The molecular weight excluding hydrogens is 376 g/mol. The van der Waals surface area contributed by atoms with Crippen LogP contribution in [0.15, 0.2) is 47.4 Å². The molecule has 3 amide bonds. The van der Waals surface area contributed by atoms with E-state index in [-0.39, 0.29) is 11.4 Å². The molecule has 144 valence electrons. The Bertz CT molecular complexity index is 967. The SMILES string of the molecule is COc1cc(/C=C2\SC(=O)N(CC(=O)Nc3ccc(C)cc3)C2=O)ccc1C. The average molecular weight is 396 g/mol. The second kappa shape index (κ2) is 8.31. The highest BCUT2D eigenvalue weighted by Gasteiger charge is 2.36. The Morgan fingerprint density at radius 1 is 1.14 bits per heavy atom. The minimum absolute atomic E-state index is 0.277. The summed E-state index contributed by atoms with van der Waals surface area (Å²) in [4.78, 5) is 38.3. The molecular formula is C21H20N2O4S. The summed E-state index contributed by atoms with van der Waals surface area (Å²) in [6.07, 6.45) is 1.63. The van der Waals surface area contributed by atoms with Crippen LogP contribution in [-0.2, 0) is 9.59 Å². The third-order valence-corrected chi connectivity index (χ3v) is 5.15. The molecule has 0 aromatic heterocycles. The van der Waals surface area contributed by atoms with E-state index in [9.17, 15) is 14.4 Å². The largest absolute Gasteiger partial charge is 0.496 e. The highest BCUT2D eigenvalue weighted by molar-refractivity contribution is 8.18. The van der Waals surface area contributed by atoms with Crippen LogP contribution in [-0.4, -0.2) is 35.6 Å². The first kappa shape index (κ1) is 19.7. The van der Waals surface area contributed by atoms with Crippen molar-refractivity contribution in [1.82, 2.24) is 4.90 Å². The fraction of sp³-hybridized carbons (Fsp3) is 0.190. The summed E-state index contributed by atoms with van der Waals surface area (Å²) in [5, 5.41) is 2.23. The van der Waals surface area contributed by atoms with Crippen LogP contribution in [0.1, 0.15) is 16.7 Å². The van der Waals surface area contributed by atoms with E-state index in [4.69, 9.17) is 4.74 Å². The zero-order valence-electron chi connectivity index (χ0n) is 15.8.